The number of rotatable bonds is 13. The first-order chi connectivity index (χ1) is 28.7. The summed E-state index contributed by atoms with van der Waals surface area (Å²) in [5, 5.41) is 30.0. The molecule has 324 valence electrons. The summed E-state index contributed by atoms with van der Waals surface area (Å²) < 4.78 is 27.2. The molecule has 5 heterocycles. The topological polar surface area (TPSA) is 294 Å². The summed E-state index contributed by atoms with van der Waals surface area (Å²) in [6.45, 7) is 11.0. The first kappa shape index (κ1) is 44.2. The molecule has 61 heavy (non-hydrogen) atoms. The first-order valence-corrected chi connectivity index (χ1v) is 21.2. The molecular weight excluding hydrogens is 817 g/mol. The van der Waals surface area contributed by atoms with Crippen molar-refractivity contribution in [1.29, 1.82) is 0 Å². The molecule has 0 radical (unpaired) electrons. The van der Waals surface area contributed by atoms with Gasteiger partial charge in [0.15, 0.2) is 17.3 Å². The average molecular weight is 864 g/mol. The Hall–Kier alpha value is -6.36. The van der Waals surface area contributed by atoms with E-state index >= 15 is 0 Å². The largest absolute Gasteiger partial charge is 0.513 e. The number of aliphatic carboxylic acids is 1. The van der Waals surface area contributed by atoms with Crippen LogP contribution in [0.5, 0.6) is 0 Å². The van der Waals surface area contributed by atoms with Crippen LogP contribution in [0.4, 0.5) is 9.59 Å². The molecule has 19 nitrogen and oxygen atoms in total. The third kappa shape index (κ3) is 8.25. The zero-order valence-corrected chi connectivity index (χ0v) is 35.3. The molecule has 1 aliphatic carbocycles. The number of hydrogen-bond donors (Lipinski definition) is 6. The number of hydrogen-bond acceptors (Lipinski definition) is 13. The van der Waals surface area contributed by atoms with Gasteiger partial charge in [0, 0.05) is 81.3 Å². The second-order valence-corrected chi connectivity index (χ2v) is 17.5. The van der Waals surface area contributed by atoms with Gasteiger partial charge < -0.3 is 44.4 Å². The number of carbonyl (C=O) groups excluding carboxylic acids is 4. The van der Waals surface area contributed by atoms with Gasteiger partial charge in [-0.15, -0.1) is 0 Å². The molecule has 0 spiro atoms. The monoisotopic (exact) mass is 863 g/mol. The third-order valence-corrected chi connectivity index (χ3v) is 13.8. The summed E-state index contributed by atoms with van der Waals surface area (Å²) in [5.74, 6) is -8.58. The molecule has 3 aromatic heterocycles. The predicted octanol–water partition coefficient (Wildman–Crippen LogP) is 7.44. The smallest absolute Gasteiger partial charge is 0.481 e. The Morgan fingerprint density at radius 2 is 1.44 bits per heavy atom. The zero-order valence-electron chi connectivity index (χ0n) is 34.4. The Labute approximate surface area is 348 Å². The number of methoxy groups -OCH3 is 1. The zero-order chi connectivity index (χ0) is 44.8. The Morgan fingerprint density at radius 3 is 2.03 bits per heavy atom. The van der Waals surface area contributed by atoms with Crippen LogP contribution in [0.2, 0.25) is 0 Å². The van der Waals surface area contributed by atoms with Crippen molar-refractivity contribution in [3.63, 3.8) is 0 Å². The quantitative estimate of drug-likeness (QED) is 0.0421. The first-order valence-electron chi connectivity index (χ1n) is 19.6. The molecule has 8 bridgehead atoms. The Bertz CT molecular complexity index is 2590. The Kier molecular flexibility index (Phi) is 12.3. The standard InChI is InChI=1S/C41H46N5O14P/c1-8-21-16(2)23-15-28-32(20(6)47)18(4)25(43-28)13-24-17(3)22(9-10-29(48)46-30(11-12-31(49)50)61(57,59-40(53)54)60-41(55)56)36(44-24)34-35(39(52)58-7)38(51)33-19(5)26(45-37(33)34)14-27(21)42-23/h13-17,21-22,30,35,43,45H,8-12H2,1-7H3,(H,46,48)(H,49,50)(H,53,54)(H,55,56)/t16-,17+,21-,22+,30?,35?/m1/s1. The van der Waals surface area contributed by atoms with Crippen LogP contribution >= 0.6 is 7.60 Å². The number of amides is 1. The Morgan fingerprint density at radius 1 is 0.852 bits per heavy atom. The molecule has 3 aliphatic rings. The molecule has 0 fully saturated rings. The lowest BCUT2D eigenvalue weighted by Gasteiger charge is -2.25. The molecule has 6 N–H and O–H groups in total. The van der Waals surface area contributed by atoms with E-state index in [1.54, 1.807) is 19.9 Å². The minimum absolute atomic E-state index is 0.000597. The van der Waals surface area contributed by atoms with Crippen LogP contribution in [0.15, 0.2) is 18.2 Å². The Balaban J connectivity index is 1.56. The van der Waals surface area contributed by atoms with E-state index in [4.69, 9.17) is 14.7 Å². The summed E-state index contributed by atoms with van der Waals surface area (Å²) in [6.07, 6.45) is -5.64. The second-order valence-electron chi connectivity index (χ2n) is 15.5. The highest BCUT2D eigenvalue weighted by Gasteiger charge is 2.47. The number of aryl methyl sites for hydroxylation is 2. The number of ether oxygens (including phenoxy) is 1. The number of ketones is 2. The number of H-pyrrole nitrogens is 2. The molecule has 0 saturated heterocycles. The van der Waals surface area contributed by atoms with Crippen LogP contribution in [0.3, 0.4) is 0 Å². The average Bonchev–Trinajstić information content (AvgIpc) is 3.91. The van der Waals surface area contributed by atoms with Gasteiger partial charge in [-0.3, -0.25) is 33.9 Å². The number of esters is 1. The van der Waals surface area contributed by atoms with Gasteiger partial charge in [-0.1, -0.05) is 20.8 Å². The minimum Gasteiger partial charge on any atom is -0.481 e. The van der Waals surface area contributed by atoms with Crippen LogP contribution in [0.25, 0.3) is 22.1 Å². The fourth-order valence-electron chi connectivity index (χ4n) is 8.81. The summed E-state index contributed by atoms with van der Waals surface area (Å²) in [6, 6.07) is 5.52. The lowest BCUT2D eigenvalue weighted by molar-refractivity contribution is -0.141. The number of carboxylic acid groups (broad SMARTS) is 3. The lowest BCUT2D eigenvalue weighted by atomic mass is 9.84. The van der Waals surface area contributed by atoms with E-state index in [-0.39, 0.29) is 40.9 Å². The van der Waals surface area contributed by atoms with E-state index in [9.17, 15) is 53.4 Å². The number of aromatic nitrogens is 4. The SMILES string of the molecule is CC[C@H]1c2cc3[nH]c4c(c3C)C(=O)C(C(=O)OC)c4c3nc(cc4[nH]c(cc(n2)[C@@H]1C)c(C(C)=O)c4C)[C@@H](C)[C@@H]3CCC(=O)NC(CCC(=O)O)P(=O)(OC(=O)O)OC(=O)O. The van der Waals surface area contributed by atoms with Crippen molar-refractivity contribution in [1.82, 2.24) is 25.3 Å². The molecule has 3 aromatic rings. The van der Waals surface area contributed by atoms with E-state index in [0.717, 1.165) is 24.9 Å². The maximum absolute atomic E-state index is 14.3. The highest BCUT2D eigenvalue weighted by Crippen LogP contribution is 2.54. The summed E-state index contributed by atoms with van der Waals surface area (Å²) in [7, 11) is -4.10. The number of aromatic amines is 2. The van der Waals surface area contributed by atoms with Gasteiger partial charge in [0.25, 0.3) is 0 Å². The van der Waals surface area contributed by atoms with Crippen molar-refractivity contribution in [3.8, 4) is 0 Å². The van der Waals surface area contributed by atoms with Gasteiger partial charge in [-0.2, -0.15) is 0 Å². The summed E-state index contributed by atoms with van der Waals surface area (Å²) >= 11 is 0. The molecular formula is C41H46N5O14P. The van der Waals surface area contributed by atoms with E-state index in [0.29, 0.717) is 44.5 Å². The molecule has 6 atom stereocenters. The highest BCUT2D eigenvalue weighted by molar-refractivity contribution is 7.55. The maximum Gasteiger partial charge on any atom is 0.513 e. The van der Waals surface area contributed by atoms with E-state index in [2.05, 4.69) is 38.2 Å². The summed E-state index contributed by atoms with van der Waals surface area (Å²) in [5.41, 5.74) is 6.50. The van der Waals surface area contributed by atoms with Crippen molar-refractivity contribution in [2.75, 3.05) is 7.11 Å². The van der Waals surface area contributed by atoms with E-state index < -0.39 is 86.3 Å². The molecule has 6 rings (SSSR count). The van der Waals surface area contributed by atoms with Crippen molar-refractivity contribution >= 4 is 71.4 Å². The molecule has 2 unspecified atom stereocenters. The van der Waals surface area contributed by atoms with Gasteiger partial charge in [0.1, 0.15) is 5.92 Å². The lowest BCUT2D eigenvalue weighted by Crippen LogP contribution is -2.37. The minimum atomic E-state index is -5.26. The molecule has 0 saturated carbocycles. The fourth-order valence-corrected chi connectivity index (χ4v) is 10.3. The molecule has 20 heteroatoms. The van der Waals surface area contributed by atoms with Gasteiger partial charge in [0.05, 0.1) is 23.8 Å². The molecule has 0 aromatic carbocycles. The highest BCUT2D eigenvalue weighted by atomic mass is 31.2. The molecule has 1 amide bonds. The number of Topliss-reactive ketones (excluding diaryl/α,β-unsaturated/α-hetero) is 2. The van der Waals surface area contributed by atoms with Crippen LogP contribution < -0.4 is 5.32 Å². The fraction of sp³-hybridized carbons (Fsp3) is 0.439. The van der Waals surface area contributed by atoms with Gasteiger partial charge >= 0.3 is 31.8 Å². The van der Waals surface area contributed by atoms with Crippen molar-refractivity contribution in [2.24, 2.45) is 0 Å². The third-order valence-electron chi connectivity index (χ3n) is 11.9. The number of carbonyl (C=O) groups is 7. The van der Waals surface area contributed by atoms with Crippen LogP contribution in [0.1, 0.15) is 150 Å². The molecule has 2 aliphatic heterocycles. The van der Waals surface area contributed by atoms with Crippen LogP contribution in [0, 0.1) is 13.8 Å². The van der Waals surface area contributed by atoms with Gasteiger partial charge in [-0.05, 0) is 69.4 Å². The van der Waals surface area contributed by atoms with Crippen LogP contribution in [-0.4, -0.2) is 89.9 Å². The van der Waals surface area contributed by atoms with Gasteiger partial charge in [-0.25, -0.2) is 14.2 Å². The number of nitrogens with one attached hydrogen (secondary N) is 3. The van der Waals surface area contributed by atoms with Crippen molar-refractivity contribution < 1.29 is 67.2 Å². The van der Waals surface area contributed by atoms with Crippen molar-refractivity contribution in [2.45, 2.75) is 109 Å². The predicted molar refractivity (Wildman–Crippen MR) is 216 cm³/mol. The number of fused-ring (bicyclic) bond motifs is 8. The second kappa shape index (κ2) is 17.0. The van der Waals surface area contributed by atoms with Crippen molar-refractivity contribution in [3.05, 3.63) is 68.8 Å². The van der Waals surface area contributed by atoms with E-state index in [1.807, 2.05) is 19.1 Å². The normalized spacial score (nSPS) is 19.9. The van der Waals surface area contributed by atoms with Gasteiger partial charge in [0.2, 0.25) is 5.91 Å². The number of carboxylic acids is 1. The number of nitrogens with zero attached hydrogens (tertiary/aromatic N) is 2. The van der Waals surface area contributed by atoms with E-state index in [1.165, 1.54) is 6.92 Å². The summed E-state index contributed by atoms with van der Waals surface area (Å²) in [4.78, 5) is 106. The maximum atomic E-state index is 14.3. The van der Waals surface area contributed by atoms with Crippen LogP contribution in [-0.2, 0) is 32.7 Å².